The summed E-state index contributed by atoms with van der Waals surface area (Å²) in [5, 5.41) is 4.09. The molecule has 0 radical (unpaired) electrons. The molecule has 0 unspecified atom stereocenters. The zero-order valence-electron chi connectivity index (χ0n) is 17.5. The van der Waals surface area contributed by atoms with Crippen LogP contribution in [0, 0.1) is 0 Å². The van der Waals surface area contributed by atoms with Gasteiger partial charge in [-0.25, -0.2) is 9.97 Å². The molecule has 2 aromatic carbocycles. The quantitative estimate of drug-likeness (QED) is 0.492. The number of para-hydroxylation sites is 1. The van der Waals surface area contributed by atoms with Crippen molar-refractivity contribution in [3.05, 3.63) is 87.4 Å². The van der Waals surface area contributed by atoms with Gasteiger partial charge in [-0.2, -0.15) is 0 Å². The maximum atomic E-state index is 12.6. The van der Waals surface area contributed by atoms with Crippen LogP contribution < -0.4 is 10.9 Å². The predicted octanol–water partition coefficient (Wildman–Crippen LogP) is 3.44. The van der Waals surface area contributed by atoms with E-state index in [1.165, 1.54) is 32.7 Å². The number of hydrogen-bond donors (Lipinski definition) is 1. The second-order valence-corrected chi connectivity index (χ2v) is 8.98. The number of rotatable bonds is 6. The summed E-state index contributed by atoms with van der Waals surface area (Å²) in [4.78, 5) is 37.6. The summed E-state index contributed by atoms with van der Waals surface area (Å²) in [5.41, 5.74) is 2.90. The van der Waals surface area contributed by atoms with Gasteiger partial charge in [0.05, 0.1) is 22.9 Å². The molecular weight excluding hydrogens is 422 g/mol. The van der Waals surface area contributed by atoms with Crippen molar-refractivity contribution in [3.63, 3.8) is 0 Å². The van der Waals surface area contributed by atoms with Crippen molar-refractivity contribution in [1.29, 1.82) is 0 Å². The lowest BCUT2D eigenvalue weighted by Gasteiger charge is -2.25. The van der Waals surface area contributed by atoms with Gasteiger partial charge in [-0.05, 0) is 17.7 Å². The fourth-order valence-corrected chi connectivity index (χ4v) is 5.01. The van der Waals surface area contributed by atoms with Crippen LogP contribution in [0.5, 0.6) is 0 Å². The van der Waals surface area contributed by atoms with Crippen LogP contribution in [0.3, 0.4) is 0 Å². The van der Waals surface area contributed by atoms with Crippen LogP contribution in [0.15, 0.2) is 65.7 Å². The highest BCUT2D eigenvalue weighted by Gasteiger charge is 2.21. The van der Waals surface area contributed by atoms with Gasteiger partial charge in [0.15, 0.2) is 5.13 Å². The molecule has 5 rings (SSSR count). The van der Waals surface area contributed by atoms with Crippen LogP contribution in [0.4, 0.5) is 5.13 Å². The number of nitrogens with zero attached hydrogens (tertiary/aromatic N) is 4. The molecule has 0 aliphatic carbocycles. The third kappa shape index (κ3) is 4.46. The van der Waals surface area contributed by atoms with Gasteiger partial charge in [0, 0.05) is 43.9 Å². The van der Waals surface area contributed by atoms with E-state index in [1.807, 2.05) is 18.2 Å². The minimum absolute atomic E-state index is 0.133. The molecule has 0 bridgehead atoms. The number of aromatic nitrogens is 3. The van der Waals surface area contributed by atoms with Gasteiger partial charge in [0.1, 0.15) is 0 Å². The van der Waals surface area contributed by atoms with Crippen LogP contribution in [0.1, 0.15) is 22.6 Å². The van der Waals surface area contributed by atoms with Crippen LogP contribution in [0.25, 0.3) is 10.9 Å². The Bertz CT molecular complexity index is 1310. The highest BCUT2D eigenvalue weighted by Crippen LogP contribution is 2.29. The summed E-state index contributed by atoms with van der Waals surface area (Å²) in [5.74, 6) is -0.155. The normalized spacial score (nSPS) is 13.8. The number of nitrogens with one attached hydrogen (secondary N) is 1. The van der Waals surface area contributed by atoms with Crippen molar-refractivity contribution >= 4 is 33.3 Å². The number of aryl methyl sites for hydroxylation is 1. The van der Waals surface area contributed by atoms with Gasteiger partial charge < -0.3 is 5.32 Å². The van der Waals surface area contributed by atoms with E-state index in [1.54, 1.807) is 12.1 Å². The van der Waals surface area contributed by atoms with E-state index in [0.717, 1.165) is 31.7 Å². The van der Waals surface area contributed by atoms with E-state index in [-0.39, 0.29) is 24.4 Å². The first kappa shape index (κ1) is 20.5. The summed E-state index contributed by atoms with van der Waals surface area (Å²) in [7, 11) is 0. The van der Waals surface area contributed by atoms with Crippen LogP contribution in [0.2, 0.25) is 0 Å². The molecule has 7 nitrogen and oxygen atoms in total. The van der Waals surface area contributed by atoms with E-state index in [0.29, 0.717) is 16.0 Å². The molecule has 0 saturated heterocycles. The maximum absolute atomic E-state index is 12.6. The SMILES string of the molecule is O=C(CCn1cnc2ccccc2c1=O)Nc1nc2c(s1)CN(Cc1ccccc1)CC2. The summed E-state index contributed by atoms with van der Waals surface area (Å²) in [6.07, 6.45) is 2.57. The predicted molar refractivity (Wildman–Crippen MR) is 126 cm³/mol. The number of carbonyl (C=O) groups excluding carboxylic acids is 1. The number of benzene rings is 2. The summed E-state index contributed by atoms with van der Waals surface area (Å²) in [6.45, 7) is 2.99. The largest absolute Gasteiger partial charge is 0.302 e. The summed E-state index contributed by atoms with van der Waals surface area (Å²) >= 11 is 1.54. The molecule has 162 valence electrons. The third-order valence-corrected chi connectivity index (χ3v) is 6.61. The molecular formula is C24H23N5O2S. The lowest BCUT2D eigenvalue weighted by atomic mass is 10.1. The number of anilines is 1. The molecule has 3 heterocycles. The van der Waals surface area contributed by atoms with Crippen molar-refractivity contribution in [2.45, 2.75) is 32.5 Å². The minimum atomic E-state index is -0.155. The van der Waals surface area contributed by atoms with Crippen LogP contribution in [-0.2, 0) is 30.8 Å². The van der Waals surface area contributed by atoms with E-state index in [9.17, 15) is 9.59 Å². The van der Waals surface area contributed by atoms with Crippen LogP contribution in [-0.4, -0.2) is 31.9 Å². The first-order chi connectivity index (χ1) is 15.7. The Morgan fingerprint density at radius 1 is 1.09 bits per heavy atom. The first-order valence-corrected chi connectivity index (χ1v) is 11.5. The maximum Gasteiger partial charge on any atom is 0.261 e. The Balaban J connectivity index is 1.19. The molecule has 32 heavy (non-hydrogen) atoms. The molecule has 4 aromatic rings. The second kappa shape index (κ2) is 9.02. The molecule has 0 saturated carbocycles. The lowest BCUT2D eigenvalue weighted by molar-refractivity contribution is -0.116. The zero-order valence-corrected chi connectivity index (χ0v) is 18.3. The molecule has 1 amide bonds. The molecule has 8 heteroatoms. The molecule has 0 atom stereocenters. The van der Waals surface area contributed by atoms with E-state index in [2.05, 4.69) is 44.5 Å². The molecule has 1 N–H and O–H groups in total. The van der Waals surface area contributed by atoms with Gasteiger partial charge >= 0.3 is 0 Å². The van der Waals surface area contributed by atoms with E-state index >= 15 is 0 Å². The molecule has 1 aliphatic rings. The van der Waals surface area contributed by atoms with Crippen molar-refractivity contribution in [2.75, 3.05) is 11.9 Å². The number of thiazole rings is 1. The van der Waals surface area contributed by atoms with Crippen molar-refractivity contribution in [3.8, 4) is 0 Å². The summed E-state index contributed by atoms with van der Waals surface area (Å²) in [6, 6.07) is 17.7. The zero-order chi connectivity index (χ0) is 21.9. The van der Waals surface area contributed by atoms with Crippen LogP contribution >= 0.6 is 11.3 Å². The van der Waals surface area contributed by atoms with E-state index < -0.39 is 0 Å². The standard InChI is InChI=1S/C24H23N5O2S/c30-22(11-13-29-16-25-19-9-5-4-8-18(19)23(29)31)27-24-26-20-10-12-28(15-21(20)32-24)14-17-6-2-1-3-7-17/h1-9,16H,10-15H2,(H,26,27,30). The average Bonchev–Trinajstić information content (AvgIpc) is 3.21. The van der Waals surface area contributed by atoms with Gasteiger partial charge in [-0.3, -0.25) is 19.1 Å². The molecule has 2 aromatic heterocycles. The summed E-state index contributed by atoms with van der Waals surface area (Å²) < 4.78 is 1.48. The Morgan fingerprint density at radius 2 is 1.91 bits per heavy atom. The number of hydrogen-bond acceptors (Lipinski definition) is 6. The molecule has 1 aliphatic heterocycles. The van der Waals surface area contributed by atoms with Gasteiger partial charge in [-0.15, -0.1) is 11.3 Å². The Morgan fingerprint density at radius 3 is 2.78 bits per heavy atom. The molecule has 0 fully saturated rings. The number of carbonyl (C=O) groups is 1. The lowest BCUT2D eigenvalue weighted by Crippen LogP contribution is -2.29. The first-order valence-electron chi connectivity index (χ1n) is 10.6. The van der Waals surface area contributed by atoms with Crippen molar-refractivity contribution in [1.82, 2.24) is 19.4 Å². The number of fused-ring (bicyclic) bond motifs is 2. The van der Waals surface area contributed by atoms with Gasteiger partial charge in [-0.1, -0.05) is 42.5 Å². The average molecular weight is 446 g/mol. The Kier molecular flexibility index (Phi) is 5.79. The Hall–Kier alpha value is -3.36. The molecule has 0 spiro atoms. The van der Waals surface area contributed by atoms with E-state index in [4.69, 9.17) is 0 Å². The smallest absolute Gasteiger partial charge is 0.261 e. The fraction of sp³-hybridized carbons (Fsp3) is 0.250. The minimum Gasteiger partial charge on any atom is -0.302 e. The fourth-order valence-electron chi connectivity index (χ4n) is 3.95. The Labute approximate surface area is 189 Å². The van der Waals surface area contributed by atoms with Crippen molar-refractivity contribution in [2.24, 2.45) is 0 Å². The third-order valence-electron chi connectivity index (χ3n) is 5.62. The topological polar surface area (TPSA) is 80.1 Å². The highest BCUT2D eigenvalue weighted by atomic mass is 32.1. The number of amides is 1. The van der Waals surface area contributed by atoms with Gasteiger partial charge in [0.2, 0.25) is 5.91 Å². The van der Waals surface area contributed by atoms with Gasteiger partial charge in [0.25, 0.3) is 5.56 Å². The second-order valence-electron chi connectivity index (χ2n) is 7.89. The van der Waals surface area contributed by atoms with Crippen molar-refractivity contribution < 1.29 is 4.79 Å². The highest BCUT2D eigenvalue weighted by molar-refractivity contribution is 7.15. The monoisotopic (exact) mass is 445 g/mol.